The van der Waals surface area contributed by atoms with Crippen molar-refractivity contribution in [2.24, 2.45) is 5.16 Å². The Morgan fingerprint density at radius 1 is 1.23 bits per heavy atom. The molecule has 1 saturated heterocycles. The van der Waals surface area contributed by atoms with Gasteiger partial charge in [-0.1, -0.05) is 11.2 Å². The van der Waals surface area contributed by atoms with Crippen molar-refractivity contribution in [3.63, 3.8) is 0 Å². The summed E-state index contributed by atoms with van der Waals surface area (Å²) in [5, 5.41) is 4.01. The number of hydrogen-bond donors (Lipinski definition) is 1. The Kier molecular flexibility index (Phi) is 5.65. The number of sulfonamides is 1. The summed E-state index contributed by atoms with van der Waals surface area (Å²) < 4.78 is 68.3. The monoisotopic (exact) mass is 454 g/mol. The molecule has 1 fully saturated rings. The van der Waals surface area contributed by atoms with Crippen molar-refractivity contribution in [3.05, 3.63) is 53.4 Å². The third-order valence-corrected chi connectivity index (χ3v) is 5.96. The van der Waals surface area contributed by atoms with Crippen LogP contribution in [0.25, 0.3) is 11.1 Å². The van der Waals surface area contributed by atoms with Crippen LogP contribution in [0.15, 0.2) is 35.6 Å². The van der Waals surface area contributed by atoms with E-state index in [1.165, 1.54) is 18.2 Å². The fraction of sp³-hybridized carbons (Fsp3) is 0.400. The first-order valence-electron chi connectivity index (χ1n) is 9.62. The number of nitrogens with one attached hydrogen (secondary N) is 1. The van der Waals surface area contributed by atoms with Gasteiger partial charge in [0.2, 0.25) is 10.0 Å². The van der Waals surface area contributed by atoms with Crippen molar-refractivity contribution >= 4 is 15.9 Å². The van der Waals surface area contributed by atoms with Crippen molar-refractivity contribution in [2.45, 2.75) is 31.7 Å². The second-order valence-corrected chi connectivity index (χ2v) is 9.55. The van der Waals surface area contributed by atoms with E-state index in [0.717, 1.165) is 11.8 Å². The summed E-state index contributed by atoms with van der Waals surface area (Å²) in [6.45, 7) is 1.81. The first-order valence-corrected chi connectivity index (χ1v) is 11.5. The highest BCUT2D eigenvalue weighted by molar-refractivity contribution is 7.88. The van der Waals surface area contributed by atoms with Gasteiger partial charge in [-0.2, -0.15) is 0 Å². The predicted molar refractivity (Wildman–Crippen MR) is 108 cm³/mol. The van der Waals surface area contributed by atoms with Crippen LogP contribution in [-0.2, 0) is 14.9 Å². The topological polar surface area (TPSA) is 83.9 Å². The minimum Gasteiger partial charge on any atom is -0.384 e. The SMILES string of the molecule is Cc1cnc([C@@H]2CC(N3C[C@H](F)[C@H](NS(C)(=O)=O)C3)=NO2)c(-c2c(F)cccc2F)c1. The lowest BCUT2D eigenvalue weighted by molar-refractivity contribution is 0.0828. The lowest BCUT2D eigenvalue weighted by Crippen LogP contribution is -2.41. The highest BCUT2D eigenvalue weighted by Crippen LogP contribution is 2.37. The number of rotatable bonds is 4. The van der Waals surface area contributed by atoms with E-state index in [9.17, 15) is 21.6 Å². The van der Waals surface area contributed by atoms with Crippen LogP contribution in [0.3, 0.4) is 0 Å². The largest absolute Gasteiger partial charge is 0.384 e. The summed E-state index contributed by atoms with van der Waals surface area (Å²) in [6.07, 6.45) is 0.623. The molecule has 2 aliphatic rings. The predicted octanol–water partition coefficient (Wildman–Crippen LogP) is 2.68. The summed E-state index contributed by atoms with van der Waals surface area (Å²) in [6, 6.07) is 4.36. The molecule has 7 nitrogen and oxygen atoms in total. The number of oxime groups is 1. The van der Waals surface area contributed by atoms with E-state index in [1.807, 2.05) is 0 Å². The molecule has 4 rings (SSSR count). The van der Waals surface area contributed by atoms with Crippen LogP contribution in [0.4, 0.5) is 13.2 Å². The molecule has 0 radical (unpaired) electrons. The fourth-order valence-electron chi connectivity index (χ4n) is 3.85. The molecule has 31 heavy (non-hydrogen) atoms. The van der Waals surface area contributed by atoms with Gasteiger partial charge in [-0.05, 0) is 30.7 Å². The Labute approximate surface area is 178 Å². The van der Waals surface area contributed by atoms with Crippen LogP contribution in [0.1, 0.15) is 23.8 Å². The summed E-state index contributed by atoms with van der Waals surface area (Å²) in [7, 11) is -3.56. The molecule has 0 aliphatic carbocycles. The first-order chi connectivity index (χ1) is 14.6. The lowest BCUT2D eigenvalue weighted by atomic mass is 9.97. The van der Waals surface area contributed by atoms with E-state index in [1.54, 1.807) is 24.1 Å². The normalized spacial score (nSPS) is 23.7. The molecule has 0 unspecified atom stereocenters. The standard InChI is InChI=1S/C20H21F3N4O3S/c1-11-6-12(19-13(21)4-3-5-14(19)22)20(24-8-11)17-7-18(25-30-17)27-9-15(23)16(10-27)26-31(2,28)29/h3-6,8,15-17,26H,7,9-10H2,1-2H3/t15-,16+,17-/m0/s1. The van der Waals surface area contributed by atoms with Crippen molar-refractivity contribution < 1.29 is 26.4 Å². The molecule has 0 saturated carbocycles. The number of alkyl halides is 1. The van der Waals surface area contributed by atoms with E-state index in [0.29, 0.717) is 11.5 Å². The zero-order chi connectivity index (χ0) is 22.3. The third kappa shape index (κ3) is 4.52. The average Bonchev–Trinajstić information content (AvgIpc) is 3.28. The summed E-state index contributed by atoms with van der Waals surface area (Å²) in [5.41, 5.74) is 1.09. The van der Waals surface area contributed by atoms with E-state index >= 15 is 0 Å². The number of halogens is 3. The van der Waals surface area contributed by atoms with Gasteiger partial charge in [0, 0.05) is 18.3 Å². The van der Waals surface area contributed by atoms with Gasteiger partial charge < -0.3 is 9.74 Å². The number of benzene rings is 1. The molecular weight excluding hydrogens is 433 g/mol. The molecule has 1 N–H and O–H groups in total. The Morgan fingerprint density at radius 3 is 2.61 bits per heavy atom. The summed E-state index contributed by atoms with van der Waals surface area (Å²) >= 11 is 0. The van der Waals surface area contributed by atoms with Crippen LogP contribution in [0.5, 0.6) is 0 Å². The smallest absolute Gasteiger partial charge is 0.209 e. The molecule has 0 bridgehead atoms. The number of hydrogen-bond acceptors (Lipinski definition) is 6. The first kappa shape index (κ1) is 21.6. The quantitative estimate of drug-likeness (QED) is 0.768. The van der Waals surface area contributed by atoms with Gasteiger partial charge in [0.1, 0.15) is 23.6 Å². The highest BCUT2D eigenvalue weighted by atomic mass is 32.2. The van der Waals surface area contributed by atoms with Crippen LogP contribution in [0.2, 0.25) is 0 Å². The molecular formula is C20H21F3N4O3S. The molecule has 0 amide bonds. The number of aryl methyl sites for hydroxylation is 1. The van der Waals surface area contributed by atoms with E-state index in [4.69, 9.17) is 4.84 Å². The maximum Gasteiger partial charge on any atom is 0.209 e. The van der Waals surface area contributed by atoms with Gasteiger partial charge in [0.15, 0.2) is 6.10 Å². The molecule has 1 aromatic carbocycles. The zero-order valence-corrected chi connectivity index (χ0v) is 17.7. The minimum atomic E-state index is -3.56. The summed E-state index contributed by atoms with van der Waals surface area (Å²) in [4.78, 5) is 11.4. The second-order valence-electron chi connectivity index (χ2n) is 7.77. The fourth-order valence-corrected chi connectivity index (χ4v) is 4.62. The van der Waals surface area contributed by atoms with Crippen LogP contribution in [0, 0.1) is 18.6 Å². The third-order valence-electron chi connectivity index (χ3n) is 5.22. The maximum absolute atomic E-state index is 14.4. The molecule has 0 spiro atoms. The van der Waals surface area contributed by atoms with Crippen molar-refractivity contribution in [1.29, 1.82) is 0 Å². The van der Waals surface area contributed by atoms with Crippen molar-refractivity contribution in [3.8, 4) is 11.1 Å². The Morgan fingerprint density at radius 2 is 1.94 bits per heavy atom. The van der Waals surface area contributed by atoms with Gasteiger partial charge >= 0.3 is 0 Å². The molecule has 2 aromatic rings. The van der Waals surface area contributed by atoms with Crippen LogP contribution in [-0.4, -0.2) is 55.7 Å². The average molecular weight is 454 g/mol. The highest BCUT2D eigenvalue weighted by Gasteiger charge is 2.39. The van der Waals surface area contributed by atoms with E-state index < -0.39 is 40.0 Å². The summed E-state index contributed by atoms with van der Waals surface area (Å²) in [5.74, 6) is -1.02. The van der Waals surface area contributed by atoms with Gasteiger partial charge in [0.25, 0.3) is 0 Å². The van der Waals surface area contributed by atoms with Gasteiger partial charge in [-0.15, -0.1) is 0 Å². The van der Waals surface area contributed by atoms with Crippen LogP contribution >= 0.6 is 0 Å². The van der Waals surface area contributed by atoms with Crippen molar-refractivity contribution in [1.82, 2.24) is 14.6 Å². The Balaban J connectivity index is 1.57. The van der Waals surface area contributed by atoms with E-state index in [-0.39, 0.29) is 30.6 Å². The number of pyridine rings is 1. The van der Waals surface area contributed by atoms with E-state index in [2.05, 4.69) is 14.9 Å². The van der Waals surface area contributed by atoms with Crippen molar-refractivity contribution in [2.75, 3.05) is 19.3 Å². The van der Waals surface area contributed by atoms with Gasteiger partial charge in [-0.25, -0.2) is 26.3 Å². The molecule has 1 aromatic heterocycles. The number of aromatic nitrogens is 1. The number of likely N-dealkylation sites (tertiary alicyclic amines) is 1. The van der Waals surface area contributed by atoms with Crippen LogP contribution < -0.4 is 4.72 Å². The zero-order valence-electron chi connectivity index (χ0n) is 16.8. The maximum atomic E-state index is 14.4. The molecule has 3 atom stereocenters. The number of amidine groups is 1. The number of nitrogens with zero attached hydrogens (tertiary/aromatic N) is 3. The minimum absolute atomic E-state index is 0.0434. The van der Waals surface area contributed by atoms with Gasteiger partial charge in [-0.3, -0.25) is 4.98 Å². The molecule has 11 heteroatoms. The lowest BCUT2D eigenvalue weighted by Gasteiger charge is -2.18. The molecule has 166 valence electrons. The van der Waals surface area contributed by atoms with Gasteiger partial charge in [0.05, 0.1) is 36.5 Å². The Hall–Kier alpha value is -2.66. The molecule has 2 aliphatic heterocycles. The molecule has 3 heterocycles. The second kappa shape index (κ2) is 8.12. The Bertz CT molecular complexity index is 1120.